The third kappa shape index (κ3) is 1.96. The van der Waals surface area contributed by atoms with Gasteiger partial charge in [-0.2, -0.15) is 22.1 Å². The molecule has 0 amide bonds. The van der Waals surface area contributed by atoms with E-state index in [9.17, 15) is 0 Å². The molecule has 0 spiro atoms. The third-order valence-electron chi connectivity index (χ3n) is 2.11. The SMILES string of the molecule is N#Cc1ccnnc1NC1CCSC1. The zero-order chi connectivity index (χ0) is 9.80. The molecule has 2 rings (SSSR count). The Balaban J connectivity index is 2.11. The summed E-state index contributed by atoms with van der Waals surface area (Å²) in [5, 5.41) is 19.8. The second-order valence-corrected chi connectivity index (χ2v) is 4.26. The molecule has 0 bridgehead atoms. The summed E-state index contributed by atoms with van der Waals surface area (Å²) in [5.41, 5.74) is 0.567. The predicted octanol–water partition coefficient (Wildman–Crippen LogP) is 1.27. The zero-order valence-corrected chi connectivity index (χ0v) is 8.42. The van der Waals surface area contributed by atoms with Crippen molar-refractivity contribution in [2.75, 3.05) is 16.8 Å². The summed E-state index contributed by atoms with van der Waals surface area (Å²) in [7, 11) is 0. The van der Waals surface area contributed by atoms with Gasteiger partial charge < -0.3 is 5.32 Å². The Hall–Kier alpha value is -1.28. The van der Waals surface area contributed by atoms with Crippen LogP contribution in [0.3, 0.4) is 0 Å². The number of nitriles is 1. The first-order valence-electron chi connectivity index (χ1n) is 4.46. The maximum absolute atomic E-state index is 8.83. The smallest absolute Gasteiger partial charge is 0.166 e. The van der Waals surface area contributed by atoms with Crippen molar-refractivity contribution in [3.05, 3.63) is 17.8 Å². The Bertz CT molecular complexity index is 354. The van der Waals surface area contributed by atoms with E-state index in [2.05, 4.69) is 21.6 Å². The second kappa shape index (κ2) is 4.29. The number of nitrogens with zero attached hydrogens (tertiary/aromatic N) is 3. The normalized spacial score (nSPS) is 20.4. The minimum atomic E-state index is 0.434. The monoisotopic (exact) mass is 206 g/mol. The number of hydrogen-bond donors (Lipinski definition) is 1. The summed E-state index contributed by atoms with van der Waals surface area (Å²) >= 11 is 1.92. The largest absolute Gasteiger partial charge is 0.364 e. The lowest BCUT2D eigenvalue weighted by Crippen LogP contribution is -2.19. The molecule has 2 heterocycles. The first kappa shape index (κ1) is 9.28. The second-order valence-electron chi connectivity index (χ2n) is 3.11. The fourth-order valence-corrected chi connectivity index (χ4v) is 2.52. The number of hydrogen-bond acceptors (Lipinski definition) is 5. The molecule has 1 aromatic heterocycles. The van der Waals surface area contributed by atoms with E-state index in [0.717, 1.165) is 12.2 Å². The van der Waals surface area contributed by atoms with Crippen molar-refractivity contribution in [3.63, 3.8) is 0 Å². The van der Waals surface area contributed by atoms with E-state index in [4.69, 9.17) is 5.26 Å². The van der Waals surface area contributed by atoms with Gasteiger partial charge in [0.1, 0.15) is 6.07 Å². The van der Waals surface area contributed by atoms with Gasteiger partial charge in [-0.1, -0.05) is 0 Å². The average Bonchev–Trinajstić information content (AvgIpc) is 2.71. The molecule has 0 aromatic carbocycles. The number of rotatable bonds is 2. The van der Waals surface area contributed by atoms with Crippen LogP contribution in [-0.2, 0) is 0 Å². The molecule has 0 radical (unpaired) electrons. The summed E-state index contributed by atoms with van der Waals surface area (Å²) in [5.74, 6) is 2.88. The van der Waals surface area contributed by atoms with E-state index in [1.54, 1.807) is 6.07 Å². The van der Waals surface area contributed by atoms with Gasteiger partial charge in [-0.3, -0.25) is 0 Å². The van der Waals surface area contributed by atoms with Crippen LogP contribution in [-0.4, -0.2) is 27.7 Å². The molecule has 1 aromatic rings. The lowest BCUT2D eigenvalue weighted by Gasteiger charge is -2.11. The minimum Gasteiger partial charge on any atom is -0.364 e. The summed E-state index contributed by atoms with van der Waals surface area (Å²) in [6.07, 6.45) is 2.67. The van der Waals surface area contributed by atoms with E-state index >= 15 is 0 Å². The van der Waals surface area contributed by atoms with Gasteiger partial charge in [0, 0.05) is 11.8 Å². The molecule has 1 atom stereocenters. The molecular weight excluding hydrogens is 196 g/mol. The minimum absolute atomic E-state index is 0.434. The molecular formula is C9H10N4S. The Kier molecular flexibility index (Phi) is 2.84. The van der Waals surface area contributed by atoms with Gasteiger partial charge in [-0.25, -0.2) is 0 Å². The van der Waals surface area contributed by atoms with Crippen molar-refractivity contribution in [3.8, 4) is 6.07 Å². The van der Waals surface area contributed by atoms with Crippen molar-refractivity contribution in [2.45, 2.75) is 12.5 Å². The Morgan fingerprint density at radius 3 is 3.29 bits per heavy atom. The zero-order valence-electron chi connectivity index (χ0n) is 7.60. The first-order chi connectivity index (χ1) is 6.90. The van der Waals surface area contributed by atoms with Gasteiger partial charge in [-0.15, -0.1) is 5.10 Å². The van der Waals surface area contributed by atoms with Gasteiger partial charge in [0.25, 0.3) is 0 Å². The van der Waals surface area contributed by atoms with E-state index in [0.29, 0.717) is 17.4 Å². The Labute approximate surface area is 86.7 Å². The molecule has 5 heteroatoms. The molecule has 1 N–H and O–H groups in total. The van der Waals surface area contributed by atoms with Crippen molar-refractivity contribution in [1.29, 1.82) is 5.26 Å². The lowest BCUT2D eigenvalue weighted by atomic mass is 10.2. The number of nitrogens with one attached hydrogen (secondary N) is 1. The summed E-state index contributed by atoms with van der Waals surface area (Å²) < 4.78 is 0. The Morgan fingerprint density at radius 1 is 1.64 bits per heavy atom. The van der Waals surface area contributed by atoms with E-state index < -0.39 is 0 Å². The van der Waals surface area contributed by atoms with Gasteiger partial charge >= 0.3 is 0 Å². The highest BCUT2D eigenvalue weighted by molar-refractivity contribution is 7.99. The quantitative estimate of drug-likeness (QED) is 0.789. The lowest BCUT2D eigenvalue weighted by molar-refractivity contribution is 0.799. The maximum atomic E-state index is 8.83. The fraction of sp³-hybridized carbons (Fsp3) is 0.444. The van der Waals surface area contributed by atoms with Crippen LogP contribution in [0.5, 0.6) is 0 Å². The molecule has 1 fully saturated rings. The van der Waals surface area contributed by atoms with E-state index in [-0.39, 0.29) is 0 Å². The molecule has 1 saturated heterocycles. The fourth-order valence-electron chi connectivity index (χ4n) is 1.37. The van der Waals surface area contributed by atoms with Gasteiger partial charge in [0.15, 0.2) is 5.82 Å². The molecule has 1 aliphatic heterocycles. The molecule has 4 nitrogen and oxygen atoms in total. The van der Waals surface area contributed by atoms with E-state index in [1.807, 2.05) is 11.8 Å². The van der Waals surface area contributed by atoms with Crippen molar-refractivity contribution < 1.29 is 0 Å². The molecule has 1 aliphatic rings. The average molecular weight is 206 g/mol. The van der Waals surface area contributed by atoms with Crippen molar-refractivity contribution in [1.82, 2.24) is 10.2 Å². The van der Waals surface area contributed by atoms with Gasteiger partial charge in [0.05, 0.1) is 11.8 Å². The summed E-state index contributed by atoms with van der Waals surface area (Å²) in [4.78, 5) is 0. The summed E-state index contributed by atoms with van der Waals surface area (Å²) in [6.45, 7) is 0. The van der Waals surface area contributed by atoms with Crippen LogP contribution in [0.4, 0.5) is 5.82 Å². The Morgan fingerprint density at radius 2 is 2.57 bits per heavy atom. The number of anilines is 1. The van der Waals surface area contributed by atoms with Crippen LogP contribution in [0, 0.1) is 11.3 Å². The highest BCUT2D eigenvalue weighted by atomic mass is 32.2. The molecule has 0 saturated carbocycles. The first-order valence-corrected chi connectivity index (χ1v) is 5.61. The summed E-state index contributed by atoms with van der Waals surface area (Å²) in [6, 6.07) is 4.21. The van der Waals surface area contributed by atoms with Crippen molar-refractivity contribution >= 4 is 17.6 Å². The predicted molar refractivity (Wildman–Crippen MR) is 56.1 cm³/mol. The van der Waals surface area contributed by atoms with Crippen molar-refractivity contribution in [2.24, 2.45) is 0 Å². The highest BCUT2D eigenvalue weighted by Gasteiger charge is 2.16. The highest BCUT2D eigenvalue weighted by Crippen LogP contribution is 2.21. The van der Waals surface area contributed by atoms with Crippen LogP contribution >= 0.6 is 11.8 Å². The van der Waals surface area contributed by atoms with Crippen LogP contribution in [0.1, 0.15) is 12.0 Å². The van der Waals surface area contributed by atoms with E-state index in [1.165, 1.54) is 11.9 Å². The molecule has 0 aliphatic carbocycles. The van der Waals surface area contributed by atoms with Crippen LogP contribution in [0.25, 0.3) is 0 Å². The topological polar surface area (TPSA) is 61.6 Å². The van der Waals surface area contributed by atoms with Crippen LogP contribution < -0.4 is 5.32 Å². The van der Waals surface area contributed by atoms with Gasteiger partial charge in [-0.05, 0) is 18.2 Å². The van der Waals surface area contributed by atoms with Crippen LogP contribution in [0.15, 0.2) is 12.3 Å². The standard InChI is InChI=1S/C9H10N4S/c10-5-7-1-3-11-13-9(7)12-8-2-4-14-6-8/h1,3,8H,2,4,6H2,(H,12,13). The number of aromatic nitrogens is 2. The molecule has 14 heavy (non-hydrogen) atoms. The van der Waals surface area contributed by atoms with Crippen LogP contribution in [0.2, 0.25) is 0 Å². The molecule has 72 valence electrons. The maximum Gasteiger partial charge on any atom is 0.166 e. The molecule has 1 unspecified atom stereocenters. The third-order valence-corrected chi connectivity index (χ3v) is 3.27. The van der Waals surface area contributed by atoms with Gasteiger partial charge in [0.2, 0.25) is 0 Å². The number of thioether (sulfide) groups is 1.